The molecule has 7 nitrogen and oxygen atoms in total. The molecule has 3 rings (SSSR count). The number of aromatic nitrogens is 2. The van der Waals surface area contributed by atoms with Gasteiger partial charge in [0.25, 0.3) is 0 Å². The SMILES string of the molecule is CCOC(=O)Cn1c(CC)c(N2CCN(C(C)(C)C)CC2)c(=O)c2nc(Br)c(F)cc21. The number of pyridine rings is 2. The first-order valence-corrected chi connectivity index (χ1v) is 11.4. The summed E-state index contributed by atoms with van der Waals surface area (Å²) >= 11 is 3.09. The molecule has 2 aromatic heterocycles. The summed E-state index contributed by atoms with van der Waals surface area (Å²) in [6, 6.07) is 1.26. The summed E-state index contributed by atoms with van der Waals surface area (Å²) in [7, 11) is 0. The van der Waals surface area contributed by atoms with Gasteiger partial charge < -0.3 is 14.2 Å². The fraction of sp³-hybridized carbons (Fsp3) is 0.591. The Morgan fingerprint density at radius 1 is 1.23 bits per heavy atom. The summed E-state index contributed by atoms with van der Waals surface area (Å²) in [6.45, 7) is 13.4. The van der Waals surface area contributed by atoms with E-state index in [0.717, 1.165) is 13.1 Å². The molecule has 0 aliphatic carbocycles. The molecule has 1 aliphatic heterocycles. The van der Waals surface area contributed by atoms with Crippen LogP contribution in [0.5, 0.6) is 0 Å². The maximum atomic E-state index is 14.3. The van der Waals surface area contributed by atoms with Gasteiger partial charge in [-0.25, -0.2) is 9.37 Å². The molecule has 170 valence electrons. The lowest BCUT2D eigenvalue weighted by molar-refractivity contribution is -0.143. The van der Waals surface area contributed by atoms with Gasteiger partial charge >= 0.3 is 5.97 Å². The van der Waals surface area contributed by atoms with Crippen molar-refractivity contribution in [2.75, 3.05) is 37.7 Å². The van der Waals surface area contributed by atoms with E-state index < -0.39 is 11.8 Å². The molecule has 1 fully saturated rings. The van der Waals surface area contributed by atoms with Gasteiger partial charge in [-0.05, 0) is 50.0 Å². The van der Waals surface area contributed by atoms with Crippen molar-refractivity contribution in [3.63, 3.8) is 0 Å². The zero-order valence-electron chi connectivity index (χ0n) is 18.8. The van der Waals surface area contributed by atoms with E-state index in [1.807, 2.05) is 6.92 Å². The standard InChI is InChI=1S/C22H30BrFN4O3/c1-6-15-19(26-8-10-27(11-9-26)22(3,4)5)20(30)18-16(12-14(24)21(23)25-18)28(15)13-17(29)31-7-2/h12H,6-11,13H2,1-5H3. The van der Waals surface area contributed by atoms with E-state index in [-0.39, 0.29) is 34.2 Å². The summed E-state index contributed by atoms with van der Waals surface area (Å²) in [5.41, 5.74) is 1.49. The van der Waals surface area contributed by atoms with Crippen molar-refractivity contribution in [2.45, 2.75) is 53.1 Å². The van der Waals surface area contributed by atoms with Gasteiger partial charge in [0.05, 0.1) is 12.1 Å². The summed E-state index contributed by atoms with van der Waals surface area (Å²) in [4.78, 5) is 34.5. The predicted octanol–water partition coefficient (Wildman–Crippen LogP) is 3.34. The van der Waals surface area contributed by atoms with Crippen molar-refractivity contribution < 1.29 is 13.9 Å². The van der Waals surface area contributed by atoms with Gasteiger partial charge in [-0.2, -0.15) is 0 Å². The van der Waals surface area contributed by atoms with Crippen LogP contribution in [0.25, 0.3) is 11.0 Å². The van der Waals surface area contributed by atoms with E-state index >= 15 is 0 Å². The molecule has 0 radical (unpaired) electrons. The second kappa shape index (κ2) is 9.24. The largest absolute Gasteiger partial charge is 0.465 e. The molecule has 1 saturated heterocycles. The third kappa shape index (κ3) is 4.77. The molecule has 0 spiro atoms. The molecule has 0 N–H and O–H groups in total. The van der Waals surface area contributed by atoms with Crippen LogP contribution in [0.4, 0.5) is 10.1 Å². The summed E-state index contributed by atoms with van der Waals surface area (Å²) in [5, 5.41) is 0. The number of carbonyl (C=O) groups excluding carboxylic acids is 1. The second-order valence-corrected chi connectivity index (χ2v) is 9.39. The maximum Gasteiger partial charge on any atom is 0.325 e. The number of ether oxygens (including phenoxy) is 1. The summed E-state index contributed by atoms with van der Waals surface area (Å²) in [5.74, 6) is -1.02. The highest BCUT2D eigenvalue weighted by atomic mass is 79.9. The Labute approximate surface area is 190 Å². The van der Waals surface area contributed by atoms with Crippen molar-refractivity contribution in [1.82, 2.24) is 14.5 Å². The van der Waals surface area contributed by atoms with Gasteiger partial charge in [-0.1, -0.05) is 6.92 Å². The third-order valence-corrected chi connectivity index (χ3v) is 6.26. The molecule has 1 aliphatic rings. The normalized spacial score (nSPS) is 15.5. The number of nitrogens with zero attached hydrogens (tertiary/aromatic N) is 4. The van der Waals surface area contributed by atoms with E-state index in [9.17, 15) is 14.0 Å². The van der Waals surface area contributed by atoms with Crippen molar-refractivity contribution in [3.05, 3.63) is 32.4 Å². The van der Waals surface area contributed by atoms with Gasteiger partial charge in [0.1, 0.15) is 22.4 Å². The van der Waals surface area contributed by atoms with Crippen LogP contribution in [-0.4, -0.2) is 58.7 Å². The molecule has 31 heavy (non-hydrogen) atoms. The Morgan fingerprint density at radius 3 is 2.42 bits per heavy atom. The first-order chi connectivity index (χ1) is 14.6. The van der Waals surface area contributed by atoms with Crippen molar-refractivity contribution in [3.8, 4) is 0 Å². The highest BCUT2D eigenvalue weighted by Crippen LogP contribution is 2.27. The first-order valence-electron chi connectivity index (χ1n) is 10.7. The Hall–Kier alpha value is -2.00. The fourth-order valence-corrected chi connectivity index (χ4v) is 4.44. The third-order valence-electron chi connectivity index (χ3n) is 5.71. The summed E-state index contributed by atoms with van der Waals surface area (Å²) in [6.07, 6.45) is 0.511. The quantitative estimate of drug-likeness (QED) is 0.467. The molecule has 3 heterocycles. The van der Waals surface area contributed by atoms with Gasteiger partial charge in [-0.15, -0.1) is 0 Å². The minimum Gasteiger partial charge on any atom is -0.465 e. The lowest BCUT2D eigenvalue weighted by Gasteiger charge is -2.43. The van der Waals surface area contributed by atoms with E-state index in [2.05, 4.69) is 51.5 Å². The summed E-state index contributed by atoms with van der Waals surface area (Å²) < 4.78 is 21.1. The van der Waals surface area contributed by atoms with E-state index in [0.29, 0.717) is 36.4 Å². The molecule has 0 saturated carbocycles. The number of carbonyl (C=O) groups is 1. The molecule has 0 aromatic carbocycles. The van der Waals surface area contributed by atoms with Crippen LogP contribution in [0.2, 0.25) is 0 Å². The van der Waals surface area contributed by atoms with Crippen molar-refractivity contribution in [2.24, 2.45) is 0 Å². The first kappa shape index (κ1) is 23.7. The maximum absolute atomic E-state index is 14.3. The molecule has 0 unspecified atom stereocenters. The van der Waals surface area contributed by atoms with Crippen LogP contribution in [0.15, 0.2) is 15.5 Å². The number of rotatable bonds is 5. The van der Waals surface area contributed by atoms with Crippen LogP contribution in [0, 0.1) is 5.82 Å². The fourth-order valence-electron chi connectivity index (χ4n) is 4.15. The van der Waals surface area contributed by atoms with Gasteiger partial charge in [0.15, 0.2) is 5.82 Å². The lowest BCUT2D eigenvalue weighted by Crippen LogP contribution is -2.54. The number of fused-ring (bicyclic) bond motifs is 1. The van der Waals surface area contributed by atoms with Crippen LogP contribution in [-0.2, 0) is 22.5 Å². The number of halogens is 2. The molecular formula is C22H30BrFN4O3. The molecular weight excluding hydrogens is 467 g/mol. The monoisotopic (exact) mass is 496 g/mol. The zero-order valence-corrected chi connectivity index (χ0v) is 20.4. The van der Waals surface area contributed by atoms with Crippen LogP contribution in [0.3, 0.4) is 0 Å². The molecule has 9 heteroatoms. The molecule has 0 bridgehead atoms. The van der Waals surface area contributed by atoms with Crippen molar-refractivity contribution in [1.29, 1.82) is 0 Å². The van der Waals surface area contributed by atoms with Gasteiger partial charge in [0, 0.05) is 43.5 Å². The average molecular weight is 497 g/mol. The Kier molecular flexibility index (Phi) is 7.05. The number of piperazine rings is 1. The van der Waals surface area contributed by atoms with Gasteiger partial charge in [-0.3, -0.25) is 14.5 Å². The highest BCUT2D eigenvalue weighted by molar-refractivity contribution is 9.10. The Balaban J connectivity index is 2.17. The lowest BCUT2D eigenvalue weighted by atomic mass is 10.0. The van der Waals surface area contributed by atoms with Crippen LogP contribution >= 0.6 is 15.9 Å². The number of hydrogen-bond acceptors (Lipinski definition) is 6. The minimum atomic E-state index is -0.585. The second-order valence-electron chi connectivity index (χ2n) is 8.64. The minimum absolute atomic E-state index is 0.0208. The van der Waals surface area contributed by atoms with E-state index in [4.69, 9.17) is 4.74 Å². The van der Waals surface area contributed by atoms with Crippen LogP contribution < -0.4 is 10.3 Å². The Morgan fingerprint density at radius 2 is 1.87 bits per heavy atom. The van der Waals surface area contributed by atoms with Crippen LogP contribution in [0.1, 0.15) is 40.3 Å². The molecule has 0 amide bonds. The zero-order chi connectivity index (χ0) is 22.9. The van der Waals surface area contributed by atoms with E-state index in [1.165, 1.54) is 6.07 Å². The number of esters is 1. The van der Waals surface area contributed by atoms with Gasteiger partial charge in [0.2, 0.25) is 5.43 Å². The Bertz CT molecular complexity index is 1040. The number of hydrogen-bond donors (Lipinski definition) is 0. The van der Waals surface area contributed by atoms with Crippen molar-refractivity contribution >= 4 is 38.6 Å². The van der Waals surface area contributed by atoms with E-state index in [1.54, 1.807) is 11.5 Å². The molecule has 2 aromatic rings. The predicted molar refractivity (Wildman–Crippen MR) is 123 cm³/mol. The average Bonchev–Trinajstić information content (AvgIpc) is 2.71. The smallest absolute Gasteiger partial charge is 0.325 e. The number of anilines is 1. The highest BCUT2D eigenvalue weighted by Gasteiger charge is 2.30. The molecule has 0 atom stereocenters. The topological polar surface area (TPSA) is 67.7 Å².